The Morgan fingerprint density at radius 3 is 2.43 bits per heavy atom. The minimum absolute atomic E-state index is 0.110. The van der Waals surface area contributed by atoms with Gasteiger partial charge in [0.1, 0.15) is 10.4 Å². The van der Waals surface area contributed by atoms with Crippen LogP contribution in [0, 0.1) is 0 Å². The van der Waals surface area contributed by atoms with Crippen molar-refractivity contribution in [2.75, 3.05) is 4.90 Å². The van der Waals surface area contributed by atoms with Gasteiger partial charge in [-0.1, -0.05) is 78.1 Å². The Morgan fingerprint density at radius 1 is 1.03 bits per heavy atom. The van der Waals surface area contributed by atoms with Crippen LogP contribution < -0.4 is 4.90 Å². The SMILES string of the molecule is O=C1C[C@@H](N2C(=O)/C(=C/C=C/c3ccccc3)SC2=S)C(=O)N1c1ccc(Cl)cc1. The fraction of sp³-hybridized carbons (Fsp3) is 0.0909. The zero-order valence-electron chi connectivity index (χ0n) is 15.5. The van der Waals surface area contributed by atoms with Crippen molar-refractivity contribution in [1.29, 1.82) is 0 Å². The smallest absolute Gasteiger partial charge is 0.266 e. The van der Waals surface area contributed by atoms with Crippen molar-refractivity contribution in [2.45, 2.75) is 12.5 Å². The second kappa shape index (κ2) is 8.55. The quantitative estimate of drug-likeness (QED) is 0.388. The van der Waals surface area contributed by atoms with Gasteiger partial charge in [0.25, 0.3) is 11.8 Å². The van der Waals surface area contributed by atoms with E-state index >= 15 is 0 Å². The van der Waals surface area contributed by atoms with E-state index in [4.69, 9.17) is 23.8 Å². The van der Waals surface area contributed by atoms with E-state index in [0.717, 1.165) is 22.2 Å². The summed E-state index contributed by atoms with van der Waals surface area (Å²) < 4.78 is 0.267. The van der Waals surface area contributed by atoms with Gasteiger partial charge >= 0.3 is 0 Å². The lowest BCUT2D eigenvalue weighted by molar-refractivity contribution is -0.130. The van der Waals surface area contributed by atoms with E-state index in [1.807, 2.05) is 36.4 Å². The van der Waals surface area contributed by atoms with Crippen LogP contribution in [0.2, 0.25) is 5.02 Å². The first kappa shape index (κ1) is 20.5. The van der Waals surface area contributed by atoms with Gasteiger partial charge in [0.15, 0.2) is 0 Å². The Balaban J connectivity index is 1.53. The molecule has 0 N–H and O–H groups in total. The number of benzene rings is 2. The number of hydrogen-bond donors (Lipinski definition) is 0. The third kappa shape index (κ3) is 3.96. The maximum atomic E-state index is 13.0. The Bertz CT molecular complexity index is 1100. The first-order valence-electron chi connectivity index (χ1n) is 9.07. The summed E-state index contributed by atoms with van der Waals surface area (Å²) in [5.74, 6) is -1.22. The van der Waals surface area contributed by atoms with Gasteiger partial charge in [-0.15, -0.1) is 0 Å². The van der Waals surface area contributed by atoms with E-state index in [-0.39, 0.29) is 22.6 Å². The van der Waals surface area contributed by atoms with Crippen molar-refractivity contribution in [3.63, 3.8) is 0 Å². The van der Waals surface area contributed by atoms with Gasteiger partial charge in [0.05, 0.1) is 17.0 Å². The van der Waals surface area contributed by atoms with Crippen molar-refractivity contribution in [3.05, 3.63) is 82.2 Å². The van der Waals surface area contributed by atoms with Gasteiger partial charge in [-0.05, 0) is 35.9 Å². The summed E-state index contributed by atoms with van der Waals surface area (Å²) >= 11 is 12.4. The van der Waals surface area contributed by atoms with E-state index in [2.05, 4.69) is 0 Å². The Hall–Kier alpha value is -2.74. The van der Waals surface area contributed by atoms with Crippen LogP contribution in [0.15, 0.2) is 71.7 Å². The van der Waals surface area contributed by atoms with Crippen LogP contribution in [-0.4, -0.2) is 33.0 Å². The zero-order chi connectivity index (χ0) is 21.3. The molecule has 2 fully saturated rings. The molecule has 2 heterocycles. The molecule has 8 heteroatoms. The minimum Gasteiger partial charge on any atom is -0.280 e. The molecule has 0 aliphatic carbocycles. The Kier molecular flexibility index (Phi) is 5.85. The summed E-state index contributed by atoms with van der Waals surface area (Å²) in [6.07, 6.45) is 5.20. The van der Waals surface area contributed by atoms with Crippen LogP contribution in [0.1, 0.15) is 12.0 Å². The molecule has 0 radical (unpaired) electrons. The summed E-state index contributed by atoms with van der Waals surface area (Å²) in [5, 5.41) is 0.500. The number of anilines is 1. The van der Waals surface area contributed by atoms with Crippen LogP contribution in [0.5, 0.6) is 0 Å². The molecule has 1 atom stereocenters. The van der Waals surface area contributed by atoms with Crippen LogP contribution in [0.25, 0.3) is 6.08 Å². The molecular formula is C22H15ClN2O3S2. The van der Waals surface area contributed by atoms with E-state index in [9.17, 15) is 14.4 Å². The fourth-order valence-electron chi connectivity index (χ4n) is 3.25. The van der Waals surface area contributed by atoms with Crippen LogP contribution in [-0.2, 0) is 14.4 Å². The molecule has 4 rings (SSSR count). The molecule has 2 aliphatic rings. The lowest BCUT2D eigenvalue weighted by Crippen LogP contribution is -2.44. The zero-order valence-corrected chi connectivity index (χ0v) is 17.9. The molecule has 0 saturated carbocycles. The topological polar surface area (TPSA) is 57.7 Å². The first-order valence-corrected chi connectivity index (χ1v) is 10.7. The molecule has 5 nitrogen and oxygen atoms in total. The molecule has 0 unspecified atom stereocenters. The van der Waals surface area contributed by atoms with Crippen LogP contribution in [0.4, 0.5) is 5.69 Å². The highest BCUT2D eigenvalue weighted by atomic mass is 35.5. The minimum atomic E-state index is -0.940. The highest BCUT2D eigenvalue weighted by molar-refractivity contribution is 8.26. The predicted octanol–water partition coefficient (Wildman–Crippen LogP) is 4.43. The van der Waals surface area contributed by atoms with Crippen molar-refractivity contribution >= 4 is 69.4 Å². The molecule has 30 heavy (non-hydrogen) atoms. The maximum absolute atomic E-state index is 13.0. The normalized spacial score (nSPS) is 21.0. The third-order valence-electron chi connectivity index (χ3n) is 4.68. The Morgan fingerprint density at radius 2 is 1.73 bits per heavy atom. The van der Waals surface area contributed by atoms with Gasteiger partial charge in [0, 0.05) is 5.02 Å². The van der Waals surface area contributed by atoms with E-state index in [0.29, 0.717) is 15.6 Å². The highest BCUT2D eigenvalue weighted by Crippen LogP contribution is 2.36. The number of nitrogens with zero attached hydrogens (tertiary/aromatic N) is 2. The summed E-state index contributed by atoms with van der Waals surface area (Å²) in [6.45, 7) is 0. The molecular weight excluding hydrogens is 440 g/mol. The highest BCUT2D eigenvalue weighted by Gasteiger charge is 2.48. The number of carbonyl (C=O) groups is 3. The second-order valence-electron chi connectivity index (χ2n) is 6.61. The van der Waals surface area contributed by atoms with Gasteiger partial charge in [-0.2, -0.15) is 0 Å². The summed E-state index contributed by atoms with van der Waals surface area (Å²) in [7, 11) is 0. The van der Waals surface area contributed by atoms with Crippen molar-refractivity contribution < 1.29 is 14.4 Å². The standard InChI is InChI=1S/C22H15ClN2O3S2/c23-15-9-11-16(12-10-15)24-19(26)13-17(20(24)27)25-21(28)18(30-22(25)29)8-4-7-14-5-2-1-3-6-14/h1-12,17H,13H2/b7-4+,18-8-/t17-/m1/s1. The summed E-state index contributed by atoms with van der Waals surface area (Å²) in [4.78, 5) is 41.1. The summed E-state index contributed by atoms with van der Waals surface area (Å²) in [6, 6.07) is 15.1. The van der Waals surface area contributed by atoms with Gasteiger partial charge < -0.3 is 0 Å². The predicted molar refractivity (Wildman–Crippen MR) is 123 cm³/mol. The molecule has 2 aliphatic heterocycles. The molecule has 150 valence electrons. The number of halogens is 1. The van der Waals surface area contributed by atoms with E-state index < -0.39 is 11.9 Å². The number of rotatable bonds is 4. The average Bonchev–Trinajstić information content (AvgIpc) is 3.18. The van der Waals surface area contributed by atoms with Gasteiger partial charge in [-0.3, -0.25) is 19.3 Å². The van der Waals surface area contributed by atoms with E-state index in [1.165, 1.54) is 4.90 Å². The second-order valence-corrected chi connectivity index (χ2v) is 8.72. The van der Waals surface area contributed by atoms with Crippen LogP contribution in [0.3, 0.4) is 0 Å². The number of thiocarbonyl (C=S) groups is 1. The number of carbonyl (C=O) groups excluding carboxylic acids is 3. The van der Waals surface area contributed by atoms with Gasteiger partial charge in [-0.25, -0.2) is 4.90 Å². The van der Waals surface area contributed by atoms with Crippen LogP contribution >= 0.6 is 35.6 Å². The summed E-state index contributed by atoms with van der Waals surface area (Å²) in [5.41, 5.74) is 1.42. The number of amides is 3. The van der Waals surface area contributed by atoms with Crippen molar-refractivity contribution in [1.82, 2.24) is 4.90 Å². The largest absolute Gasteiger partial charge is 0.280 e. The average molecular weight is 455 g/mol. The van der Waals surface area contributed by atoms with E-state index in [1.54, 1.807) is 36.4 Å². The molecule has 2 saturated heterocycles. The lowest BCUT2D eigenvalue weighted by Gasteiger charge is -2.21. The molecule has 0 aromatic heterocycles. The molecule has 0 spiro atoms. The molecule has 2 aromatic carbocycles. The molecule has 2 aromatic rings. The molecule has 0 bridgehead atoms. The number of thioether (sulfide) groups is 1. The fourth-order valence-corrected chi connectivity index (χ4v) is 4.69. The monoisotopic (exact) mass is 454 g/mol. The maximum Gasteiger partial charge on any atom is 0.266 e. The first-order chi connectivity index (χ1) is 14.5. The number of allylic oxidation sites excluding steroid dienone is 2. The third-order valence-corrected chi connectivity index (χ3v) is 6.28. The van der Waals surface area contributed by atoms with Gasteiger partial charge in [0.2, 0.25) is 5.91 Å². The Labute approximate surface area is 188 Å². The lowest BCUT2D eigenvalue weighted by atomic mass is 10.2. The number of hydrogen-bond acceptors (Lipinski definition) is 5. The van der Waals surface area contributed by atoms with Crippen molar-refractivity contribution in [3.8, 4) is 0 Å². The number of imide groups is 1. The molecule has 3 amide bonds. The van der Waals surface area contributed by atoms with Crippen molar-refractivity contribution in [2.24, 2.45) is 0 Å².